The van der Waals surface area contributed by atoms with Gasteiger partial charge in [0.1, 0.15) is 0 Å². The summed E-state index contributed by atoms with van der Waals surface area (Å²) in [5.74, 6) is -0.547. The highest BCUT2D eigenvalue weighted by atomic mass is 16.5. The van der Waals surface area contributed by atoms with Crippen molar-refractivity contribution in [1.29, 1.82) is 0 Å². The van der Waals surface area contributed by atoms with Crippen LogP contribution in [0.15, 0.2) is 35.3 Å². The normalized spacial score (nSPS) is 12.1. The molecule has 1 aromatic heterocycles. The van der Waals surface area contributed by atoms with Crippen molar-refractivity contribution >= 4 is 5.91 Å². The molecule has 23 heavy (non-hydrogen) atoms. The fourth-order valence-corrected chi connectivity index (χ4v) is 2.30. The molecule has 0 aliphatic heterocycles. The first-order valence-corrected chi connectivity index (χ1v) is 7.08. The fraction of sp³-hybridized carbons (Fsp3) is 0.312. The smallest absolute Gasteiger partial charge is 0.274 e. The Hall–Kier alpha value is -2.51. The fourth-order valence-electron chi connectivity index (χ4n) is 2.30. The van der Waals surface area contributed by atoms with E-state index in [2.05, 4.69) is 5.10 Å². The second kappa shape index (κ2) is 7.17. The first-order valence-electron chi connectivity index (χ1n) is 7.08. The number of rotatable bonds is 6. The Bertz CT molecular complexity index is 770. The Balaban J connectivity index is 2.43. The molecule has 2 aromatic rings. The van der Waals surface area contributed by atoms with Crippen molar-refractivity contribution in [2.45, 2.75) is 19.6 Å². The number of hydrogen-bond donors (Lipinski definition) is 2. The summed E-state index contributed by atoms with van der Waals surface area (Å²) >= 11 is 0. The van der Waals surface area contributed by atoms with Crippen molar-refractivity contribution in [2.24, 2.45) is 5.73 Å². The number of carbonyl (C=O) groups excluding carboxylic acids is 1. The minimum atomic E-state index is -0.834. The van der Waals surface area contributed by atoms with Crippen molar-refractivity contribution in [3.05, 3.63) is 51.9 Å². The summed E-state index contributed by atoms with van der Waals surface area (Å²) in [5, 5.41) is 13.7. The van der Waals surface area contributed by atoms with Crippen LogP contribution in [0.3, 0.4) is 0 Å². The molecule has 1 amide bonds. The first-order chi connectivity index (χ1) is 10.9. The number of aromatic nitrogens is 2. The van der Waals surface area contributed by atoms with Crippen LogP contribution in [0.5, 0.6) is 0 Å². The highest BCUT2D eigenvalue weighted by Gasteiger charge is 2.13. The van der Waals surface area contributed by atoms with E-state index in [1.54, 1.807) is 31.2 Å². The summed E-state index contributed by atoms with van der Waals surface area (Å²) in [6.07, 6.45) is 0.639. The summed E-state index contributed by atoms with van der Waals surface area (Å²) in [5.41, 5.74) is 7.05. The lowest BCUT2D eigenvalue weighted by Gasteiger charge is -2.12. The molecule has 0 bridgehead atoms. The molecule has 1 atom stereocenters. The molecule has 0 unspecified atom stereocenters. The molecule has 2 rings (SSSR count). The molecule has 7 nitrogen and oxygen atoms in total. The Labute approximate surface area is 133 Å². The lowest BCUT2D eigenvalue weighted by molar-refractivity contribution is 0.0504. The van der Waals surface area contributed by atoms with Crippen LogP contribution in [0.2, 0.25) is 0 Å². The zero-order valence-electron chi connectivity index (χ0n) is 13.0. The maximum absolute atomic E-state index is 12.5. The number of aliphatic hydroxyl groups is 1. The van der Waals surface area contributed by atoms with Crippen LogP contribution < -0.4 is 11.3 Å². The molecule has 7 heteroatoms. The minimum Gasteiger partial charge on any atom is -0.389 e. The second-order valence-electron chi connectivity index (χ2n) is 5.24. The highest BCUT2D eigenvalue weighted by molar-refractivity contribution is 5.95. The molecular weight excluding hydrogens is 298 g/mol. The molecule has 0 saturated carbocycles. The van der Waals surface area contributed by atoms with Crippen LogP contribution in [0, 0.1) is 6.92 Å². The van der Waals surface area contributed by atoms with Gasteiger partial charge in [-0.2, -0.15) is 5.10 Å². The van der Waals surface area contributed by atoms with E-state index in [0.717, 1.165) is 5.56 Å². The quantitative estimate of drug-likeness (QED) is 0.798. The van der Waals surface area contributed by atoms with Gasteiger partial charge in [-0.05, 0) is 30.2 Å². The summed E-state index contributed by atoms with van der Waals surface area (Å²) in [7, 11) is 1.47. The number of methoxy groups -OCH3 is 1. The maximum atomic E-state index is 12.5. The summed E-state index contributed by atoms with van der Waals surface area (Å²) in [6, 6.07) is 6.63. The van der Waals surface area contributed by atoms with Crippen molar-refractivity contribution in [1.82, 2.24) is 9.78 Å². The Morgan fingerprint density at radius 3 is 2.83 bits per heavy atom. The topological polar surface area (TPSA) is 107 Å². The molecule has 1 aromatic carbocycles. The average molecular weight is 317 g/mol. The predicted molar refractivity (Wildman–Crippen MR) is 85.1 cm³/mol. The number of carbonyl (C=O) groups is 1. The van der Waals surface area contributed by atoms with Gasteiger partial charge in [-0.3, -0.25) is 9.59 Å². The van der Waals surface area contributed by atoms with Crippen LogP contribution in [0.4, 0.5) is 0 Å². The maximum Gasteiger partial charge on any atom is 0.274 e. The van der Waals surface area contributed by atoms with Gasteiger partial charge in [-0.15, -0.1) is 0 Å². The molecule has 1 heterocycles. The number of ether oxygens (including phenoxy) is 1. The summed E-state index contributed by atoms with van der Waals surface area (Å²) in [6.45, 7) is 1.90. The van der Waals surface area contributed by atoms with Crippen LogP contribution in [-0.4, -0.2) is 40.6 Å². The van der Waals surface area contributed by atoms with Crippen molar-refractivity contribution in [3.8, 4) is 11.1 Å². The highest BCUT2D eigenvalue weighted by Crippen LogP contribution is 2.19. The molecule has 122 valence electrons. The molecule has 0 fully saturated rings. The van der Waals surface area contributed by atoms with Gasteiger partial charge >= 0.3 is 0 Å². The third-order valence-electron chi connectivity index (χ3n) is 3.47. The monoisotopic (exact) mass is 317 g/mol. The van der Waals surface area contributed by atoms with Crippen molar-refractivity contribution < 1.29 is 14.6 Å². The number of amides is 1. The molecule has 3 N–H and O–H groups in total. The van der Waals surface area contributed by atoms with Gasteiger partial charge in [-0.1, -0.05) is 12.1 Å². The molecular formula is C16H19N3O4. The third-order valence-corrected chi connectivity index (χ3v) is 3.47. The summed E-state index contributed by atoms with van der Waals surface area (Å²) < 4.78 is 6.01. The largest absolute Gasteiger partial charge is 0.389 e. The minimum absolute atomic E-state index is 0.0229. The first kappa shape index (κ1) is 16.9. The lowest BCUT2D eigenvalue weighted by atomic mass is 10.0. The number of nitrogens with zero attached hydrogens (tertiary/aromatic N) is 2. The SMILES string of the molecule is COC[C@H](O)Cn1nccc(-c2ccc(C)c(C(N)=O)c2)c1=O. The van der Waals surface area contributed by atoms with Crippen molar-refractivity contribution in [2.75, 3.05) is 13.7 Å². The number of nitrogens with two attached hydrogens (primary N) is 1. The van der Waals surface area contributed by atoms with Gasteiger partial charge in [0.15, 0.2) is 0 Å². The van der Waals surface area contributed by atoms with Gasteiger partial charge in [0.05, 0.1) is 24.8 Å². The van der Waals surface area contributed by atoms with E-state index in [1.807, 2.05) is 0 Å². The molecule has 0 radical (unpaired) electrons. The Kier molecular flexibility index (Phi) is 5.25. The van der Waals surface area contributed by atoms with Crippen LogP contribution >= 0.6 is 0 Å². The van der Waals surface area contributed by atoms with E-state index in [0.29, 0.717) is 16.7 Å². The van der Waals surface area contributed by atoms with Crippen LogP contribution in [0.1, 0.15) is 15.9 Å². The Morgan fingerprint density at radius 1 is 1.43 bits per heavy atom. The zero-order chi connectivity index (χ0) is 17.0. The van der Waals surface area contributed by atoms with Gasteiger partial charge in [0.25, 0.3) is 5.56 Å². The van der Waals surface area contributed by atoms with Gasteiger partial charge in [0, 0.05) is 18.9 Å². The number of primary amides is 1. The van der Waals surface area contributed by atoms with E-state index in [-0.39, 0.29) is 18.7 Å². The molecule has 0 saturated heterocycles. The van der Waals surface area contributed by atoms with Crippen LogP contribution in [-0.2, 0) is 11.3 Å². The Morgan fingerprint density at radius 2 is 2.17 bits per heavy atom. The van der Waals surface area contributed by atoms with Crippen LogP contribution in [0.25, 0.3) is 11.1 Å². The standard InChI is InChI=1S/C16H19N3O4/c1-10-3-4-11(7-14(10)15(17)21)13-5-6-18-19(16(13)22)8-12(20)9-23-2/h3-7,12,20H,8-9H2,1-2H3,(H2,17,21)/t12-/m1/s1. The van der Waals surface area contributed by atoms with Gasteiger partial charge < -0.3 is 15.6 Å². The van der Waals surface area contributed by atoms with E-state index in [9.17, 15) is 14.7 Å². The van der Waals surface area contributed by atoms with Crippen molar-refractivity contribution in [3.63, 3.8) is 0 Å². The molecule has 0 aliphatic carbocycles. The third kappa shape index (κ3) is 3.82. The van der Waals surface area contributed by atoms with E-state index in [1.165, 1.54) is 18.0 Å². The lowest BCUT2D eigenvalue weighted by Crippen LogP contribution is -2.31. The second-order valence-corrected chi connectivity index (χ2v) is 5.24. The summed E-state index contributed by atoms with van der Waals surface area (Å²) in [4.78, 5) is 24.0. The zero-order valence-corrected chi connectivity index (χ0v) is 13.0. The van der Waals surface area contributed by atoms with Gasteiger partial charge in [0.2, 0.25) is 5.91 Å². The number of aryl methyl sites for hydroxylation is 1. The van der Waals surface area contributed by atoms with E-state index >= 15 is 0 Å². The molecule has 0 aliphatic rings. The van der Waals surface area contributed by atoms with Gasteiger partial charge in [-0.25, -0.2) is 4.68 Å². The average Bonchev–Trinajstić information content (AvgIpc) is 2.50. The van der Waals surface area contributed by atoms with E-state index in [4.69, 9.17) is 10.5 Å². The number of aliphatic hydroxyl groups excluding tert-OH is 1. The van der Waals surface area contributed by atoms with E-state index < -0.39 is 12.0 Å². The predicted octanol–water partition coefficient (Wildman–Crippen LogP) is 0.325. The number of benzene rings is 1. The number of hydrogen-bond acceptors (Lipinski definition) is 5. The molecule has 0 spiro atoms.